The molecule has 1 aromatic carbocycles. The molecule has 2 saturated heterocycles. The molecule has 24 heavy (non-hydrogen) atoms. The zero-order valence-corrected chi connectivity index (χ0v) is 15.0. The monoisotopic (exact) mass is 327 g/mol. The van der Waals surface area contributed by atoms with E-state index in [2.05, 4.69) is 65.6 Å². The first-order chi connectivity index (χ1) is 11.5. The first kappa shape index (κ1) is 16.1. The van der Waals surface area contributed by atoms with Crippen LogP contribution in [0.4, 0.5) is 0 Å². The lowest BCUT2D eigenvalue weighted by Gasteiger charge is -2.42. The van der Waals surface area contributed by atoms with Crippen LogP contribution in [0.1, 0.15) is 38.8 Å². The molecule has 2 aliphatic rings. The van der Waals surface area contributed by atoms with Gasteiger partial charge in [0.1, 0.15) is 0 Å². The molecular formula is C20H29N3O. The van der Waals surface area contributed by atoms with Gasteiger partial charge in [0.25, 0.3) is 0 Å². The van der Waals surface area contributed by atoms with Gasteiger partial charge >= 0.3 is 0 Å². The van der Waals surface area contributed by atoms with Gasteiger partial charge in [0, 0.05) is 61.4 Å². The van der Waals surface area contributed by atoms with Crippen molar-refractivity contribution in [3.8, 4) is 0 Å². The van der Waals surface area contributed by atoms with Gasteiger partial charge in [-0.15, -0.1) is 0 Å². The SMILES string of the molecule is CC(C)n1cc(CN2C[C@@H]3C[C@@H](O)CN3C[C@H]2C)c2ccccc21. The topological polar surface area (TPSA) is 31.6 Å². The highest BCUT2D eigenvalue weighted by atomic mass is 16.3. The van der Waals surface area contributed by atoms with Crippen LogP contribution >= 0.6 is 0 Å². The fourth-order valence-corrected chi connectivity index (χ4v) is 4.55. The largest absolute Gasteiger partial charge is 0.392 e. The van der Waals surface area contributed by atoms with Gasteiger partial charge in [-0.1, -0.05) is 18.2 Å². The number of nitrogens with zero attached hydrogens (tertiary/aromatic N) is 3. The van der Waals surface area contributed by atoms with E-state index in [9.17, 15) is 5.11 Å². The standard InChI is InChI=1S/C20H29N3O/c1-14(2)23-11-16(19-6-4-5-7-20(19)23)10-21-12-17-8-18(24)13-22(17)9-15(21)3/h4-7,11,14-15,17-18,24H,8-10,12-13H2,1-3H3/t15-,17+,18-/m1/s1. The predicted octanol–water partition coefficient (Wildman–Crippen LogP) is 2.86. The molecular weight excluding hydrogens is 298 g/mol. The van der Waals surface area contributed by atoms with Crippen molar-refractivity contribution in [2.75, 3.05) is 19.6 Å². The number of hydrogen-bond acceptors (Lipinski definition) is 3. The van der Waals surface area contributed by atoms with Crippen LogP contribution in [0.2, 0.25) is 0 Å². The van der Waals surface area contributed by atoms with Gasteiger partial charge in [0.15, 0.2) is 0 Å². The summed E-state index contributed by atoms with van der Waals surface area (Å²) >= 11 is 0. The van der Waals surface area contributed by atoms with E-state index in [0.717, 1.165) is 32.6 Å². The Bertz CT molecular complexity index is 723. The maximum atomic E-state index is 9.96. The van der Waals surface area contributed by atoms with E-state index < -0.39 is 0 Å². The van der Waals surface area contributed by atoms with Crippen LogP contribution in [0.25, 0.3) is 10.9 Å². The van der Waals surface area contributed by atoms with Crippen LogP contribution in [0.15, 0.2) is 30.5 Å². The zero-order valence-electron chi connectivity index (χ0n) is 15.0. The van der Waals surface area contributed by atoms with Crippen LogP contribution in [0, 0.1) is 0 Å². The number of para-hydroxylation sites is 1. The van der Waals surface area contributed by atoms with Gasteiger partial charge < -0.3 is 9.67 Å². The van der Waals surface area contributed by atoms with E-state index in [-0.39, 0.29) is 6.10 Å². The van der Waals surface area contributed by atoms with E-state index in [1.165, 1.54) is 16.5 Å². The fourth-order valence-electron chi connectivity index (χ4n) is 4.55. The molecule has 3 atom stereocenters. The van der Waals surface area contributed by atoms with Crippen molar-refractivity contribution in [3.05, 3.63) is 36.0 Å². The summed E-state index contributed by atoms with van der Waals surface area (Å²) in [5.41, 5.74) is 2.77. The van der Waals surface area contributed by atoms with E-state index in [4.69, 9.17) is 0 Å². The summed E-state index contributed by atoms with van der Waals surface area (Å²) in [6, 6.07) is 10.3. The Balaban J connectivity index is 1.60. The third-order valence-corrected chi connectivity index (χ3v) is 5.83. The molecule has 130 valence electrons. The van der Waals surface area contributed by atoms with Crippen LogP contribution in [0.5, 0.6) is 0 Å². The second kappa shape index (κ2) is 6.17. The molecule has 1 aromatic heterocycles. The van der Waals surface area contributed by atoms with Gasteiger partial charge in [-0.05, 0) is 38.8 Å². The molecule has 2 fully saturated rings. The van der Waals surface area contributed by atoms with Crippen LogP contribution in [-0.2, 0) is 6.54 Å². The van der Waals surface area contributed by atoms with Gasteiger partial charge in [-0.3, -0.25) is 9.80 Å². The average molecular weight is 327 g/mol. The summed E-state index contributed by atoms with van der Waals surface area (Å²) in [5.74, 6) is 0. The van der Waals surface area contributed by atoms with Gasteiger partial charge in [-0.25, -0.2) is 0 Å². The molecule has 0 radical (unpaired) electrons. The Labute approximate surface area is 144 Å². The number of aliphatic hydroxyl groups excluding tert-OH is 1. The molecule has 2 aromatic rings. The zero-order chi connectivity index (χ0) is 16.8. The second-order valence-corrected chi connectivity index (χ2v) is 7.95. The second-order valence-electron chi connectivity index (χ2n) is 7.95. The van der Waals surface area contributed by atoms with Crippen molar-refractivity contribution in [1.29, 1.82) is 0 Å². The van der Waals surface area contributed by atoms with Crippen LogP contribution in [0.3, 0.4) is 0 Å². The van der Waals surface area contributed by atoms with E-state index in [0.29, 0.717) is 18.1 Å². The average Bonchev–Trinajstić information content (AvgIpc) is 3.08. The minimum atomic E-state index is -0.134. The number of hydrogen-bond donors (Lipinski definition) is 1. The third kappa shape index (κ3) is 2.77. The molecule has 0 unspecified atom stereocenters. The Kier molecular flexibility index (Phi) is 4.15. The van der Waals surface area contributed by atoms with Crippen LogP contribution in [-0.4, -0.2) is 57.3 Å². The van der Waals surface area contributed by atoms with Gasteiger partial charge in [0.05, 0.1) is 6.10 Å². The van der Waals surface area contributed by atoms with Crippen LogP contribution < -0.4 is 0 Å². The molecule has 0 saturated carbocycles. The maximum Gasteiger partial charge on any atom is 0.0682 e. The Morgan fingerprint density at radius 3 is 2.75 bits per heavy atom. The highest BCUT2D eigenvalue weighted by Crippen LogP contribution is 2.29. The van der Waals surface area contributed by atoms with Crippen molar-refractivity contribution in [2.24, 2.45) is 0 Å². The number of aliphatic hydroxyl groups is 1. The maximum absolute atomic E-state index is 9.96. The van der Waals surface area contributed by atoms with E-state index >= 15 is 0 Å². The smallest absolute Gasteiger partial charge is 0.0682 e. The number of fused-ring (bicyclic) bond motifs is 2. The summed E-state index contributed by atoms with van der Waals surface area (Å²) in [4.78, 5) is 5.08. The van der Waals surface area contributed by atoms with Crippen molar-refractivity contribution in [1.82, 2.24) is 14.4 Å². The van der Waals surface area contributed by atoms with Crippen molar-refractivity contribution in [2.45, 2.75) is 58.0 Å². The molecule has 0 bridgehead atoms. The normalized spacial score (nSPS) is 28.8. The third-order valence-electron chi connectivity index (χ3n) is 5.83. The predicted molar refractivity (Wildman–Crippen MR) is 98.2 cm³/mol. The molecule has 3 heterocycles. The lowest BCUT2D eigenvalue weighted by molar-refractivity contribution is 0.0531. The molecule has 4 heteroatoms. The molecule has 1 N–H and O–H groups in total. The summed E-state index contributed by atoms with van der Waals surface area (Å²) in [7, 11) is 0. The summed E-state index contributed by atoms with van der Waals surface area (Å²) in [5, 5.41) is 11.3. The van der Waals surface area contributed by atoms with Crippen molar-refractivity contribution < 1.29 is 5.11 Å². The lowest BCUT2D eigenvalue weighted by Crippen LogP contribution is -2.54. The first-order valence-corrected chi connectivity index (χ1v) is 9.27. The number of piperazine rings is 1. The molecule has 0 amide bonds. The van der Waals surface area contributed by atoms with Crippen molar-refractivity contribution in [3.63, 3.8) is 0 Å². The van der Waals surface area contributed by atoms with E-state index in [1.807, 2.05) is 0 Å². The van der Waals surface area contributed by atoms with E-state index in [1.54, 1.807) is 0 Å². The fraction of sp³-hybridized carbons (Fsp3) is 0.600. The molecule has 4 nitrogen and oxygen atoms in total. The molecule has 0 aliphatic carbocycles. The first-order valence-electron chi connectivity index (χ1n) is 9.27. The number of rotatable bonds is 3. The number of aromatic nitrogens is 1. The van der Waals surface area contributed by atoms with Gasteiger partial charge in [-0.2, -0.15) is 0 Å². The summed E-state index contributed by atoms with van der Waals surface area (Å²) < 4.78 is 2.39. The Morgan fingerprint density at radius 2 is 1.96 bits per heavy atom. The highest BCUT2D eigenvalue weighted by Gasteiger charge is 2.38. The highest BCUT2D eigenvalue weighted by molar-refractivity contribution is 5.84. The number of benzene rings is 1. The summed E-state index contributed by atoms with van der Waals surface area (Å²) in [6.45, 7) is 10.8. The minimum absolute atomic E-state index is 0.134. The molecule has 4 rings (SSSR count). The van der Waals surface area contributed by atoms with Crippen molar-refractivity contribution >= 4 is 10.9 Å². The lowest BCUT2D eigenvalue weighted by atomic mass is 10.1. The Morgan fingerprint density at radius 1 is 1.17 bits per heavy atom. The minimum Gasteiger partial charge on any atom is -0.392 e. The molecule has 0 spiro atoms. The Hall–Kier alpha value is -1.36. The quantitative estimate of drug-likeness (QED) is 0.941. The summed E-state index contributed by atoms with van der Waals surface area (Å²) in [6.07, 6.45) is 3.14. The van der Waals surface area contributed by atoms with Gasteiger partial charge in [0.2, 0.25) is 0 Å². The molecule has 2 aliphatic heterocycles.